The van der Waals surface area contributed by atoms with E-state index in [0.717, 1.165) is 12.2 Å². The first-order valence-corrected chi connectivity index (χ1v) is 9.37. The Kier molecular flexibility index (Phi) is 5.40. The lowest BCUT2D eigenvalue weighted by Gasteiger charge is -2.35. The Morgan fingerprint density at radius 2 is 1.83 bits per heavy atom. The van der Waals surface area contributed by atoms with Crippen LogP contribution < -0.4 is 10.6 Å². The molecule has 0 bridgehead atoms. The van der Waals surface area contributed by atoms with Crippen LogP contribution >= 0.6 is 0 Å². The highest BCUT2D eigenvalue weighted by Crippen LogP contribution is 2.41. The topological polar surface area (TPSA) is 41.1 Å². The van der Waals surface area contributed by atoms with Gasteiger partial charge in [0, 0.05) is 5.69 Å². The third kappa shape index (κ3) is 3.89. The fraction of sp³-hybridized carbons (Fsp3) is 0.571. The molecule has 0 spiro atoms. The second kappa shape index (κ2) is 7.52. The zero-order valence-electron chi connectivity index (χ0n) is 15.2. The third-order valence-corrected chi connectivity index (χ3v) is 5.47. The van der Waals surface area contributed by atoms with Gasteiger partial charge in [0.25, 0.3) is 0 Å². The maximum absolute atomic E-state index is 12.5. The van der Waals surface area contributed by atoms with Crippen molar-refractivity contribution >= 4 is 11.6 Å². The van der Waals surface area contributed by atoms with Crippen LogP contribution in [-0.4, -0.2) is 18.5 Å². The number of para-hydroxylation sites is 1. The minimum Gasteiger partial charge on any atom is -0.324 e. The Morgan fingerprint density at radius 1 is 1.12 bits per heavy atom. The second-order valence-corrected chi connectivity index (χ2v) is 7.70. The summed E-state index contributed by atoms with van der Waals surface area (Å²) in [6, 6.07) is 7.91. The summed E-state index contributed by atoms with van der Waals surface area (Å²) in [4.78, 5) is 12.5. The van der Waals surface area contributed by atoms with Gasteiger partial charge >= 0.3 is 0 Å². The van der Waals surface area contributed by atoms with E-state index in [9.17, 15) is 4.79 Å². The molecular formula is C21H30N2O. The van der Waals surface area contributed by atoms with E-state index in [0.29, 0.717) is 11.8 Å². The minimum atomic E-state index is -0.161. The van der Waals surface area contributed by atoms with Crippen molar-refractivity contribution < 1.29 is 4.79 Å². The molecule has 0 radical (unpaired) electrons. The molecule has 2 saturated carbocycles. The monoisotopic (exact) mass is 326 g/mol. The van der Waals surface area contributed by atoms with Crippen LogP contribution in [0.5, 0.6) is 0 Å². The molecule has 1 unspecified atom stereocenters. The van der Waals surface area contributed by atoms with Crippen molar-refractivity contribution in [2.75, 3.05) is 11.9 Å². The fourth-order valence-corrected chi connectivity index (χ4v) is 3.57. The molecule has 2 aliphatic rings. The van der Waals surface area contributed by atoms with E-state index < -0.39 is 0 Å². The van der Waals surface area contributed by atoms with Gasteiger partial charge in [0.1, 0.15) is 0 Å². The van der Waals surface area contributed by atoms with Crippen LogP contribution in [0.4, 0.5) is 5.69 Å². The first-order valence-electron chi connectivity index (χ1n) is 9.37. The molecule has 130 valence electrons. The smallest absolute Gasteiger partial charge is 0.241 e. The number of hydrogen-bond acceptors (Lipinski definition) is 2. The van der Waals surface area contributed by atoms with E-state index in [-0.39, 0.29) is 11.9 Å². The molecular weight excluding hydrogens is 296 g/mol. The van der Waals surface area contributed by atoms with Crippen molar-refractivity contribution in [2.24, 2.45) is 5.92 Å². The van der Waals surface area contributed by atoms with Crippen molar-refractivity contribution in [1.82, 2.24) is 5.32 Å². The van der Waals surface area contributed by atoms with Gasteiger partial charge in [0.05, 0.1) is 6.04 Å². The number of rotatable bonds is 6. The quantitative estimate of drug-likeness (QED) is 0.749. The van der Waals surface area contributed by atoms with Crippen LogP contribution in [0.3, 0.4) is 0 Å². The lowest BCUT2D eigenvalue weighted by Crippen LogP contribution is -2.42. The molecule has 3 nitrogen and oxygen atoms in total. The number of carbonyl (C=O) groups is 1. The molecule has 1 aromatic rings. The predicted molar refractivity (Wildman–Crippen MR) is 100 cm³/mol. The molecule has 1 amide bonds. The van der Waals surface area contributed by atoms with Crippen molar-refractivity contribution in [3.8, 4) is 0 Å². The van der Waals surface area contributed by atoms with Crippen LogP contribution in [0, 0.1) is 5.92 Å². The molecule has 1 aromatic carbocycles. The van der Waals surface area contributed by atoms with E-state index in [1.165, 1.54) is 37.7 Å². The van der Waals surface area contributed by atoms with Gasteiger partial charge < -0.3 is 10.6 Å². The number of allylic oxidation sites excluding steroid dienone is 2. The van der Waals surface area contributed by atoms with E-state index in [4.69, 9.17) is 0 Å². The summed E-state index contributed by atoms with van der Waals surface area (Å²) in [7, 11) is 0. The molecule has 0 saturated heterocycles. The molecule has 2 fully saturated rings. The minimum absolute atomic E-state index is 0.0556. The van der Waals surface area contributed by atoms with Crippen LogP contribution in [-0.2, 0) is 4.79 Å². The molecule has 3 rings (SSSR count). The van der Waals surface area contributed by atoms with Crippen molar-refractivity contribution in [3.05, 3.63) is 41.0 Å². The number of benzene rings is 1. The largest absolute Gasteiger partial charge is 0.324 e. The van der Waals surface area contributed by atoms with Gasteiger partial charge in [-0.15, -0.1) is 0 Å². The number of amides is 1. The maximum atomic E-state index is 12.5. The van der Waals surface area contributed by atoms with Crippen molar-refractivity contribution in [3.63, 3.8) is 0 Å². The molecule has 3 heteroatoms. The Labute approximate surface area is 145 Å². The van der Waals surface area contributed by atoms with E-state index in [1.54, 1.807) is 11.1 Å². The molecule has 0 aliphatic heterocycles. The van der Waals surface area contributed by atoms with Crippen molar-refractivity contribution in [1.29, 1.82) is 0 Å². The zero-order valence-corrected chi connectivity index (χ0v) is 15.2. The summed E-state index contributed by atoms with van der Waals surface area (Å²) in [6.45, 7) is 7.20. The highest BCUT2D eigenvalue weighted by molar-refractivity contribution is 5.95. The van der Waals surface area contributed by atoms with Crippen molar-refractivity contribution in [2.45, 2.75) is 64.8 Å². The van der Waals surface area contributed by atoms with Crippen LogP contribution in [0.15, 0.2) is 35.4 Å². The first kappa shape index (κ1) is 17.2. The molecule has 0 heterocycles. The lowest BCUT2D eigenvalue weighted by molar-refractivity contribution is -0.117. The molecule has 2 N–H and O–H groups in total. The zero-order chi connectivity index (χ0) is 17.1. The highest BCUT2D eigenvalue weighted by Gasteiger charge is 2.28. The van der Waals surface area contributed by atoms with E-state index in [1.807, 2.05) is 25.1 Å². The van der Waals surface area contributed by atoms with E-state index >= 15 is 0 Å². The Morgan fingerprint density at radius 3 is 2.46 bits per heavy atom. The number of nitrogens with one attached hydrogen (secondary N) is 2. The summed E-state index contributed by atoms with van der Waals surface area (Å²) < 4.78 is 0. The lowest BCUT2D eigenvalue weighted by atomic mass is 9.73. The van der Waals surface area contributed by atoms with Gasteiger partial charge in [-0.1, -0.05) is 43.2 Å². The summed E-state index contributed by atoms with van der Waals surface area (Å²) in [5, 5.41) is 6.50. The number of carbonyl (C=O) groups excluding carboxylic acids is 1. The summed E-state index contributed by atoms with van der Waals surface area (Å²) >= 11 is 0. The second-order valence-electron chi connectivity index (χ2n) is 7.70. The van der Waals surface area contributed by atoms with Gasteiger partial charge in [0.2, 0.25) is 5.91 Å². The normalized spacial score (nSPS) is 21.2. The third-order valence-electron chi connectivity index (χ3n) is 5.47. The molecule has 2 aliphatic carbocycles. The average molecular weight is 326 g/mol. The van der Waals surface area contributed by atoms with E-state index in [2.05, 4.69) is 30.5 Å². The Balaban J connectivity index is 1.45. The van der Waals surface area contributed by atoms with Crippen LogP contribution in [0.2, 0.25) is 0 Å². The number of anilines is 1. The standard InChI is InChI=1S/C21H30N2O/c1-14(2)19-9-4-5-10-20(19)23-21(24)15(3)22-13-16-11-18(12-16)17-7-6-8-17/h4-5,9-10,14-16,22H,6-8,11-13H2,1-3H3,(H,23,24). The van der Waals surface area contributed by atoms with Gasteiger partial charge in [-0.05, 0) is 69.0 Å². The predicted octanol–water partition coefficient (Wildman–Crippen LogP) is 4.62. The summed E-state index contributed by atoms with van der Waals surface area (Å²) in [5.41, 5.74) is 5.55. The highest BCUT2D eigenvalue weighted by atomic mass is 16.2. The average Bonchev–Trinajstić information content (AvgIpc) is 2.47. The summed E-state index contributed by atoms with van der Waals surface area (Å²) in [6.07, 6.45) is 6.55. The molecule has 24 heavy (non-hydrogen) atoms. The van der Waals surface area contributed by atoms with Crippen LogP contribution in [0.25, 0.3) is 0 Å². The Bertz CT molecular complexity index is 618. The Hall–Kier alpha value is -1.61. The van der Waals surface area contributed by atoms with Gasteiger partial charge in [-0.25, -0.2) is 0 Å². The summed E-state index contributed by atoms with van der Waals surface area (Å²) in [5.74, 6) is 1.17. The van der Waals surface area contributed by atoms with Gasteiger partial charge in [0.15, 0.2) is 0 Å². The van der Waals surface area contributed by atoms with Gasteiger partial charge in [-0.3, -0.25) is 4.79 Å². The SMILES string of the molecule is CC(NCC1CC(=C2CCC2)C1)C(=O)Nc1ccccc1C(C)C. The first-order chi connectivity index (χ1) is 11.5. The van der Waals surface area contributed by atoms with Crippen LogP contribution in [0.1, 0.15) is 64.4 Å². The molecule has 1 atom stereocenters. The fourth-order valence-electron chi connectivity index (χ4n) is 3.57. The number of hydrogen-bond donors (Lipinski definition) is 2. The van der Waals surface area contributed by atoms with Gasteiger partial charge in [-0.2, -0.15) is 0 Å². The molecule has 0 aromatic heterocycles. The maximum Gasteiger partial charge on any atom is 0.241 e.